The predicted octanol–water partition coefficient (Wildman–Crippen LogP) is 4.12. The van der Waals surface area contributed by atoms with Crippen LogP contribution >= 0.6 is 0 Å². The lowest BCUT2D eigenvalue weighted by molar-refractivity contribution is -0.138. The van der Waals surface area contributed by atoms with Gasteiger partial charge in [-0.05, 0) is 24.3 Å². The molecule has 2 aromatic rings. The van der Waals surface area contributed by atoms with Crippen molar-refractivity contribution in [2.24, 2.45) is 0 Å². The molecule has 0 atom stereocenters. The molecular formula is C15H10F4O3. The predicted molar refractivity (Wildman–Crippen MR) is 69.1 cm³/mol. The van der Waals surface area contributed by atoms with E-state index in [4.69, 9.17) is 9.84 Å². The molecule has 0 radical (unpaired) electrons. The minimum absolute atomic E-state index is 0.182. The fraction of sp³-hybridized carbons (Fsp3) is 0.133. The maximum Gasteiger partial charge on any atom is 0.416 e. The quantitative estimate of drug-likeness (QED) is 0.864. The molecule has 0 aliphatic carbocycles. The Hall–Kier alpha value is -2.57. The number of benzene rings is 2. The van der Waals surface area contributed by atoms with Crippen LogP contribution in [0.5, 0.6) is 5.75 Å². The van der Waals surface area contributed by atoms with Crippen LogP contribution < -0.4 is 4.74 Å². The first-order valence-corrected chi connectivity index (χ1v) is 6.10. The second-order valence-electron chi connectivity index (χ2n) is 4.39. The Bertz CT molecular complexity index is 695. The topological polar surface area (TPSA) is 46.5 Å². The number of carboxylic acids is 1. The third-order valence-electron chi connectivity index (χ3n) is 2.88. The van der Waals surface area contributed by atoms with E-state index in [9.17, 15) is 22.4 Å². The van der Waals surface area contributed by atoms with E-state index in [1.54, 1.807) is 0 Å². The van der Waals surface area contributed by atoms with Gasteiger partial charge in [-0.3, -0.25) is 0 Å². The molecule has 22 heavy (non-hydrogen) atoms. The van der Waals surface area contributed by atoms with E-state index in [-0.39, 0.29) is 11.3 Å². The summed E-state index contributed by atoms with van der Waals surface area (Å²) in [7, 11) is 0. The van der Waals surface area contributed by atoms with Gasteiger partial charge in [-0.2, -0.15) is 13.2 Å². The van der Waals surface area contributed by atoms with Crippen LogP contribution in [0.3, 0.4) is 0 Å². The zero-order chi connectivity index (χ0) is 16.3. The molecule has 0 fully saturated rings. The zero-order valence-corrected chi connectivity index (χ0v) is 11.0. The number of rotatable bonds is 4. The molecule has 0 amide bonds. The Morgan fingerprint density at radius 3 is 2.41 bits per heavy atom. The number of alkyl halides is 3. The molecule has 0 saturated heterocycles. The molecule has 0 aliphatic rings. The van der Waals surface area contributed by atoms with Crippen molar-refractivity contribution in [2.45, 2.75) is 12.8 Å². The van der Waals surface area contributed by atoms with Gasteiger partial charge in [-0.25, -0.2) is 9.18 Å². The van der Waals surface area contributed by atoms with Gasteiger partial charge >= 0.3 is 12.1 Å². The Morgan fingerprint density at radius 2 is 1.82 bits per heavy atom. The number of carbonyl (C=O) groups is 1. The Morgan fingerprint density at radius 1 is 1.14 bits per heavy atom. The molecule has 1 N–H and O–H groups in total. The molecule has 3 nitrogen and oxygen atoms in total. The Kier molecular flexibility index (Phi) is 4.35. The van der Waals surface area contributed by atoms with E-state index in [1.165, 1.54) is 18.2 Å². The van der Waals surface area contributed by atoms with Gasteiger partial charge < -0.3 is 9.84 Å². The van der Waals surface area contributed by atoms with Crippen molar-refractivity contribution in [2.75, 3.05) is 0 Å². The third-order valence-corrected chi connectivity index (χ3v) is 2.88. The van der Waals surface area contributed by atoms with Crippen LogP contribution in [0.4, 0.5) is 17.6 Å². The van der Waals surface area contributed by atoms with Gasteiger partial charge in [0.2, 0.25) is 0 Å². The van der Waals surface area contributed by atoms with E-state index in [0.29, 0.717) is 6.07 Å². The molecule has 0 aliphatic heterocycles. The Labute approximate surface area is 122 Å². The fourth-order valence-electron chi connectivity index (χ4n) is 1.82. The largest absolute Gasteiger partial charge is 0.486 e. The monoisotopic (exact) mass is 314 g/mol. The standard InChI is InChI=1S/C15H10F4O3/c16-12-3-1-2-4-13(12)22-8-10-6-5-9(14(20)21)7-11(10)15(17,18)19/h1-7H,8H2,(H,20,21). The average Bonchev–Trinajstić information content (AvgIpc) is 2.45. The molecule has 0 saturated carbocycles. The molecule has 116 valence electrons. The summed E-state index contributed by atoms with van der Waals surface area (Å²) < 4.78 is 57.3. The van der Waals surface area contributed by atoms with Crippen molar-refractivity contribution in [3.8, 4) is 5.75 Å². The second kappa shape index (κ2) is 6.05. The number of hydrogen-bond acceptors (Lipinski definition) is 2. The first kappa shape index (κ1) is 15.8. The molecule has 0 heterocycles. The Balaban J connectivity index is 2.31. The van der Waals surface area contributed by atoms with Crippen LogP contribution in [0.2, 0.25) is 0 Å². The van der Waals surface area contributed by atoms with Gasteiger partial charge in [0.1, 0.15) is 6.61 Å². The summed E-state index contributed by atoms with van der Waals surface area (Å²) in [6.45, 7) is -0.532. The molecule has 0 unspecified atom stereocenters. The first-order chi connectivity index (χ1) is 10.3. The van der Waals surface area contributed by atoms with E-state index in [2.05, 4.69) is 0 Å². The highest BCUT2D eigenvalue weighted by molar-refractivity contribution is 5.88. The van der Waals surface area contributed by atoms with Crippen LogP contribution in [-0.2, 0) is 12.8 Å². The highest BCUT2D eigenvalue weighted by atomic mass is 19.4. The minimum Gasteiger partial charge on any atom is -0.486 e. The molecule has 2 aromatic carbocycles. The van der Waals surface area contributed by atoms with E-state index >= 15 is 0 Å². The maximum absolute atomic E-state index is 13.4. The maximum atomic E-state index is 13.4. The number of hydrogen-bond donors (Lipinski definition) is 1. The van der Waals surface area contributed by atoms with Gasteiger partial charge in [-0.15, -0.1) is 0 Å². The van der Waals surface area contributed by atoms with Gasteiger partial charge in [0.05, 0.1) is 11.1 Å². The molecule has 2 rings (SSSR count). The number of carboxylic acid groups (broad SMARTS) is 1. The van der Waals surface area contributed by atoms with Gasteiger partial charge in [0, 0.05) is 5.56 Å². The third kappa shape index (κ3) is 3.55. The first-order valence-electron chi connectivity index (χ1n) is 6.10. The summed E-state index contributed by atoms with van der Waals surface area (Å²) in [5.41, 5.74) is -1.88. The van der Waals surface area contributed by atoms with Gasteiger partial charge in [0.25, 0.3) is 0 Å². The molecular weight excluding hydrogens is 304 g/mol. The van der Waals surface area contributed by atoms with Crippen molar-refractivity contribution in [1.82, 2.24) is 0 Å². The van der Waals surface area contributed by atoms with E-state index in [0.717, 1.165) is 18.2 Å². The lowest BCUT2D eigenvalue weighted by Crippen LogP contribution is -2.13. The molecule has 0 aromatic heterocycles. The van der Waals surface area contributed by atoms with Crippen molar-refractivity contribution in [1.29, 1.82) is 0 Å². The van der Waals surface area contributed by atoms with Crippen molar-refractivity contribution < 1.29 is 32.2 Å². The zero-order valence-electron chi connectivity index (χ0n) is 11.0. The highest BCUT2D eigenvalue weighted by Crippen LogP contribution is 2.33. The molecule has 0 bridgehead atoms. The van der Waals surface area contributed by atoms with Crippen molar-refractivity contribution >= 4 is 5.97 Å². The average molecular weight is 314 g/mol. The van der Waals surface area contributed by atoms with Crippen LogP contribution in [0.1, 0.15) is 21.5 Å². The normalized spacial score (nSPS) is 11.3. The lowest BCUT2D eigenvalue weighted by atomic mass is 10.0. The summed E-state index contributed by atoms with van der Waals surface area (Å²) in [6, 6.07) is 7.89. The van der Waals surface area contributed by atoms with Crippen molar-refractivity contribution in [3.63, 3.8) is 0 Å². The van der Waals surface area contributed by atoms with Crippen LogP contribution in [0, 0.1) is 5.82 Å². The molecule has 7 heteroatoms. The summed E-state index contributed by atoms with van der Waals surface area (Å²) in [5, 5.41) is 8.76. The van der Waals surface area contributed by atoms with Crippen molar-refractivity contribution in [3.05, 3.63) is 65.0 Å². The van der Waals surface area contributed by atoms with Crippen LogP contribution in [-0.4, -0.2) is 11.1 Å². The minimum atomic E-state index is -4.74. The SMILES string of the molecule is O=C(O)c1ccc(COc2ccccc2F)c(C(F)(F)F)c1. The summed E-state index contributed by atoms with van der Waals surface area (Å²) in [4.78, 5) is 10.8. The van der Waals surface area contributed by atoms with E-state index < -0.39 is 35.7 Å². The number of halogens is 4. The van der Waals surface area contributed by atoms with Crippen LogP contribution in [0.25, 0.3) is 0 Å². The summed E-state index contributed by atoms with van der Waals surface area (Å²) >= 11 is 0. The van der Waals surface area contributed by atoms with Crippen LogP contribution in [0.15, 0.2) is 42.5 Å². The highest BCUT2D eigenvalue weighted by Gasteiger charge is 2.34. The van der Waals surface area contributed by atoms with E-state index in [1.807, 2.05) is 0 Å². The lowest BCUT2D eigenvalue weighted by Gasteiger charge is -2.14. The number of aromatic carboxylic acids is 1. The number of para-hydroxylation sites is 1. The summed E-state index contributed by atoms with van der Waals surface area (Å²) in [6.07, 6.45) is -4.74. The smallest absolute Gasteiger partial charge is 0.416 e. The number of ether oxygens (including phenoxy) is 1. The second-order valence-corrected chi connectivity index (χ2v) is 4.39. The fourth-order valence-corrected chi connectivity index (χ4v) is 1.82. The molecule has 0 spiro atoms. The summed E-state index contributed by atoms with van der Waals surface area (Å²) in [5.74, 6) is -2.34. The van der Waals surface area contributed by atoms with Gasteiger partial charge in [0.15, 0.2) is 11.6 Å². The van der Waals surface area contributed by atoms with Gasteiger partial charge in [-0.1, -0.05) is 18.2 Å².